The number of fused-ring (bicyclic) bond motifs is 1. The molecule has 0 fully saturated rings. The Hall–Kier alpha value is -1.64. The SMILES string of the molecule is CCn1c(=O)c(C(C)C)nc2ccc(C)cc21. The number of rotatable bonds is 2. The summed E-state index contributed by atoms with van der Waals surface area (Å²) in [6.45, 7) is 8.71. The Morgan fingerprint density at radius 1 is 1.35 bits per heavy atom. The summed E-state index contributed by atoms with van der Waals surface area (Å²) in [5, 5.41) is 0. The van der Waals surface area contributed by atoms with Gasteiger partial charge in [-0.25, -0.2) is 4.98 Å². The predicted octanol–water partition coefficient (Wildman–Crippen LogP) is 2.85. The standard InChI is InChI=1S/C14H18N2O/c1-5-16-12-8-10(4)6-7-11(12)15-13(9(2)3)14(16)17/h6-9H,5H2,1-4H3. The number of hydrogen-bond donors (Lipinski definition) is 0. The Balaban J connectivity index is 2.89. The van der Waals surface area contributed by atoms with Crippen molar-refractivity contribution in [2.45, 2.75) is 40.2 Å². The summed E-state index contributed by atoms with van der Waals surface area (Å²) in [5.74, 6) is 0.158. The van der Waals surface area contributed by atoms with Crippen molar-refractivity contribution in [1.82, 2.24) is 9.55 Å². The lowest BCUT2D eigenvalue weighted by Gasteiger charge is -2.12. The molecule has 0 atom stereocenters. The van der Waals surface area contributed by atoms with E-state index in [1.54, 1.807) is 0 Å². The molecule has 0 saturated carbocycles. The molecule has 17 heavy (non-hydrogen) atoms. The van der Waals surface area contributed by atoms with Crippen molar-refractivity contribution in [1.29, 1.82) is 0 Å². The van der Waals surface area contributed by atoms with Crippen LogP contribution in [0.25, 0.3) is 11.0 Å². The third-order valence-corrected chi connectivity index (χ3v) is 2.99. The smallest absolute Gasteiger partial charge is 0.272 e. The first kappa shape index (κ1) is 11.8. The molecule has 2 aromatic rings. The van der Waals surface area contributed by atoms with Gasteiger partial charge in [0.15, 0.2) is 0 Å². The summed E-state index contributed by atoms with van der Waals surface area (Å²) in [7, 11) is 0. The highest BCUT2D eigenvalue weighted by atomic mass is 16.1. The molecule has 0 radical (unpaired) electrons. The number of aromatic nitrogens is 2. The molecule has 0 amide bonds. The van der Waals surface area contributed by atoms with Crippen LogP contribution in [0.3, 0.4) is 0 Å². The molecule has 3 nitrogen and oxygen atoms in total. The third kappa shape index (κ3) is 1.97. The Morgan fingerprint density at radius 2 is 2.06 bits per heavy atom. The van der Waals surface area contributed by atoms with Gasteiger partial charge in [-0.1, -0.05) is 19.9 Å². The van der Waals surface area contributed by atoms with Crippen molar-refractivity contribution in [3.05, 3.63) is 39.8 Å². The minimum atomic E-state index is 0.0422. The number of hydrogen-bond acceptors (Lipinski definition) is 2. The van der Waals surface area contributed by atoms with Gasteiger partial charge in [0, 0.05) is 12.5 Å². The first-order chi connectivity index (χ1) is 8.04. The number of benzene rings is 1. The van der Waals surface area contributed by atoms with E-state index in [4.69, 9.17) is 0 Å². The van der Waals surface area contributed by atoms with E-state index in [-0.39, 0.29) is 11.5 Å². The van der Waals surface area contributed by atoms with Crippen LogP contribution in [0.4, 0.5) is 0 Å². The van der Waals surface area contributed by atoms with E-state index in [1.807, 2.05) is 50.5 Å². The van der Waals surface area contributed by atoms with Gasteiger partial charge in [-0.3, -0.25) is 4.79 Å². The van der Waals surface area contributed by atoms with Gasteiger partial charge in [-0.2, -0.15) is 0 Å². The van der Waals surface area contributed by atoms with Gasteiger partial charge in [0.2, 0.25) is 0 Å². The highest BCUT2D eigenvalue weighted by Gasteiger charge is 2.12. The van der Waals surface area contributed by atoms with Gasteiger partial charge in [0.1, 0.15) is 5.69 Å². The highest BCUT2D eigenvalue weighted by Crippen LogP contribution is 2.15. The lowest BCUT2D eigenvalue weighted by molar-refractivity contribution is 0.707. The van der Waals surface area contributed by atoms with Crippen molar-refractivity contribution in [2.75, 3.05) is 0 Å². The maximum atomic E-state index is 12.3. The summed E-state index contributed by atoms with van der Waals surface area (Å²) in [5.41, 5.74) is 3.68. The fourth-order valence-electron chi connectivity index (χ4n) is 2.06. The molecule has 90 valence electrons. The van der Waals surface area contributed by atoms with Gasteiger partial charge >= 0.3 is 0 Å². The van der Waals surface area contributed by atoms with Crippen LogP contribution in [0.5, 0.6) is 0 Å². The van der Waals surface area contributed by atoms with Gasteiger partial charge in [0.05, 0.1) is 11.0 Å². The number of nitrogens with zero attached hydrogens (tertiary/aromatic N) is 2. The molecule has 1 aromatic heterocycles. The zero-order valence-electron chi connectivity index (χ0n) is 10.8. The number of aryl methyl sites for hydroxylation is 2. The molecule has 2 rings (SSSR count). The molecule has 0 spiro atoms. The predicted molar refractivity (Wildman–Crippen MR) is 70.5 cm³/mol. The highest BCUT2D eigenvalue weighted by molar-refractivity contribution is 5.75. The molecule has 0 bridgehead atoms. The Kier molecular flexibility index (Phi) is 3.01. The topological polar surface area (TPSA) is 34.9 Å². The second kappa shape index (κ2) is 4.32. The van der Waals surface area contributed by atoms with Crippen molar-refractivity contribution in [3.63, 3.8) is 0 Å². The summed E-state index contributed by atoms with van der Waals surface area (Å²) in [4.78, 5) is 16.8. The van der Waals surface area contributed by atoms with Crippen LogP contribution in [-0.2, 0) is 6.54 Å². The second-order valence-corrected chi connectivity index (χ2v) is 4.69. The quantitative estimate of drug-likeness (QED) is 0.795. The lowest BCUT2D eigenvalue weighted by atomic mass is 10.1. The first-order valence-corrected chi connectivity index (χ1v) is 6.05. The first-order valence-electron chi connectivity index (χ1n) is 6.05. The summed E-state index contributed by atoms with van der Waals surface area (Å²) in [6, 6.07) is 6.05. The average molecular weight is 230 g/mol. The van der Waals surface area contributed by atoms with Gasteiger partial charge in [0.25, 0.3) is 5.56 Å². The molecule has 0 saturated heterocycles. The lowest BCUT2D eigenvalue weighted by Crippen LogP contribution is -2.26. The summed E-state index contributed by atoms with van der Waals surface area (Å²) < 4.78 is 1.81. The molecule has 0 aliphatic rings. The molecule has 0 aliphatic heterocycles. The maximum absolute atomic E-state index is 12.3. The van der Waals surface area contributed by atoms with E-state index in [2.05, 4.69) is 4.98 Å². The average Bonchev–Trinajstić information content (AvgIpc) is 2.28. The van der Waals surface area contributed by atoms with Crippen molar-refractivity contribution >= 4 is 11.0 Å². The molecule has 0 aliphatic carbocycles. The van der Waals surface area contributed by atoms with Crippen molar-refractivity contribution < 1.29 is 0 Å². The van der Waals surface area contributed by atoms with Crippen LogP contribution in [0.2, 0.25) is 0 Å². The summed E-state index contributed by atoms with van der Waals surface area (Å²) >= 11 is 0. The van der Waals surface area contributed by atoms with E-state index in [1.165, 1.54) is 0 Å². The van der Waals surface area contributed by atoms with E-state index in [0.717, 1.165) is 16.6 Å². The van der Waals surface area contributed by atoms with Gasteiger partial charge in [-0.15, -0.1) is 0 Å². The molecular weight excluding hydrogens is 212 g/mol. The molecule has 0 unspecified atom stereocenters. The monoisotopic (exact) mass is 230 g/mol. The zero-order chi connectivity index (χ0) is 12.6. The zero-order valence-corrected chi connectivity index (χ0v) is 10.8. The Morgan fingerprint density at radius 3 is 2.65 bits per heavy atom. The molecular formula is C14H18N2O. The van der Waals surface area contributed by atoms with E-state index < -0.39 is 0 Å². The minimum Gasteiger partial charge on any atom is -0.305 e. The third-order valence-electron chi connectivity index (χ3n) is 2.99. The fraction of sp³-hybridized carbons (Fsp3) is 0.429. The van der Waals surface area contributed by atoms with E-state index in [0.29, 0.717) is 12.2 Å². The minimum absolute atomic E-state index is 0.0422. The van der Waals surface area contributed by atoms with Crippen LogP contribution >= 0.6 is 0 Å². The van der Waals surface area contributed by atoms with Crippen LogP contribution < -0.4 is 5.56 Å². The molecule has 1 heterocycles. The maximum Gasteiger partial charge on any atom is 0.272 e. The van der Waals surface area contributed by atoms with Gasteiger partial charge in [-0.05, 0) is 31.5 Å². The second-order valence-electron chi connectivity index (χ2n) is 4.69. The normalized spacial score (nSPS) is 11.4. The van der Waals surface area contributed by atoms with E-state index >= 15 is 0 Å². The largest absolute Gasteiger partial charge is 0.305 e. The van der Waals surface area contributed by atoms with Crippen LogP contribution in [0.1, 0.15) is 37.9 Å². The summed E-state index contributed by atoms with van der Waals surface area (Å²) in [6.07, 6.45) is 0. The van der Waals surface area contributed by atoms with Crippen LogP contribution in [0.15, 0.2) is 23.0 Å². The molecule has 0 N–H and O–H groups in total. The van der Waals surface area contributed by atoms with Crippen molar-refractivity contribution in [3.8, 4) is 0 Å². The van der Waals surface area contributed by atoms with Gasteiger partial charge < -0.3 is 4.57 Å². The Labute approximate surface area is 101 Å². The Bertz CT molecular complexity index is 611. The van der Waals surface area contributed by atoms with Crippen LogP contribution in [-0.4, -0.2) is 9.55 Å². The fourth-order valence-corrected chi connectivity index (χ4v) is 2.06. The van der Waals surface area contributed by atoms with Crippen molar-refractivity contribution in [2.24, 2.45) is 0 Å². The molecule has 3 heteroatoms. The van der Waals surface area contributed by atoms with E-state index in [9.17, 15) is 4.79 Å². The van der Waals surface area contributed by atoms with Crippen LogP contribution in [0, 0.1) is 6.92 Å². The molecule has 1 aromatic carbocycles.